The molecule has 1 fully saturated rings. The number of hydrogen-bond donors (Lipinski definition) is 1. The van der Waals surface area contributed by atoms with Crippen LogP contribution < -0.4 is 10.5 Å². The van der Waals surface area contributed by atoms with Gasteiger partial charge in [-0.15, -0.1) is 12.4 Å². The van der Waals surface area contributed by atoms with Gasteiger partial charge < -0.3 is 15.4 Å². The molecule has 1 aromatic carbocycles. The molecule has 1 aromatic rings. The topological polar surface area (TPSA) is 98.7 Å². The first-order chi connectivity index (χ1) is 10.1. The zero-order chi connectivity index (χ0) is 15.2. The molecule has 1 heterocycles. The van der Waals surface area contributed by atoms with Crippen LogP contribution in [0.5, 0.6) is 5.75 Å². The molecular weight excluding hydrogens is 310 g/mol. The highest BCUT2D eigenvalue weighted by Crippen LogP contribution is 2.25. The molecule has 1 aliphatic heterocycles. The first kappa shape index (κ1) is 18.2. The summed E-state index contributed by atoms with van der Waals surface area (Å²) >= 11 is 0. The summed E-state index contributed by atoms with van der Waals surface area (Å²) in [6.07, 6.45) is 1.84. The molecule has 1 amide bonds. The molecule has 1 saturated heterocycles. The van der Waals surface area contributed by atoms with Crippen molar-refractivity contribution in [1.82, 2.24) is 4.90 Å². The molecule has 22 heavy (non-hydrogen) atoms. The van der Waals surface area contributed by atoms with E-state index in [0.29, 0.717) is 13.1 Å². The van der Waals surface area contributed by atoms with Crippen LogP contribution in [-0.4, -0.2) is 41.5 Å². The van der Waals surface area contributed by atoms with E-state index in [0.717, 1.165) is 12.8 Å². The Balaban J connectivity index is 0.00000242. The van der Waals surface area contributed by atoms with Gasteiger partial charge in [-0.1, -0.05) is 12.1 Å². The molecule has 0 atom stereocenters. The summed E-state index contributed by atoms with van der Waals surface area (Å²) in [7, 11) is 0. The zero-order valence-corrected chi connectivity index (χ0v) is 13.0. The Hall–Kier alpha value is -1.86. The second-order valence-electron chi connectivity index (χ2n) is 5.04. The Kier molecular flexibility index (Phi) is 7.07. The van der Waals surface area contributed by atoms with Crippen LogP contribution in [0, 0.1) is 10.1 Å². The lowest BCUT2D eigenvalue weighted by atomic mass is 10.1. The number of rotatable bonds is 5. The maximum Gasteiger partial charge on any atom is 0.310 e. The number of benzene rings is 1. The lowest BCUT2D eigenvalue weighted by Crippen LogP contribution is -2.43. The van der Waals surface area contributed by atoms with Gasteiger partial charge in [0.2, 0.25) is 5.91 Å². The normalized spacial score (nSPS) is 15.0. The number of nitrogens with two attached hydrogens (primary N) is 1. The largest absolute Gasteiger partial charge is 0.486 e. The van der Waals surface area contributed by atoms with Crippen LogP contribution in [0.4, 0.5) is 5.69 Å². The van der Waals surface area contributed by atoms with E-state index in [2.05, 4.69) is 0 Å². The van der Waals surface area contributed by atoms with Gasteiger partial charge in [-0.25, -0.2) is 0 Å². The van der Waals surface area contributed by atoms with Crippen molar-refractivity contribution < 1.29 is 14.5 Å². The van der Waals surface area contributed by atoms with E-state index in [-0.39, 0.29) is 48.8 Å². The third-order valence-electron chi connectivity index (χ3n) is 3.53. The van der Waals surface area contributed by atoms with Crippen molar-refractivity contribution >= 4 is 24.0 Å². The molecule has 0 spiro atoms. The van der Waals surface area contributed by atoms with Crippen LogP contribution in [0.25, 0.3) is 0 Å². The number of likely N-dealkylation sites (tertiary alicyclic amines) is 1. The molecule has 2 N–H and O–H groups in total. The minimum absolute atomic E-state index is 0. The molecule has 0 aliphatic carbocycles. The zero-order valence-electron chi connectivity index (χ0n) is 12.1. The summed E-state index contributed by atoms with van der Waals surface area (Å²) in [5.41, 5.74) is 5.70. The Bertz CT molecular complexity index is 519. The van der Waals surface area contributed by atoms with Gasteiger partial charge in [0.15, 0.2) is 5.75 Å². The van der Waals surface area contributed by atoms with E-state index in [1.807, 2.05) is 0 Å². The summed E-state index contributed by atoms with van der Waals surface area (Å²) in [5.74, 6) is 0.191. The number of nitro groups is 1. The van der Waals surface area contributed by atoms with Gasteiger partial charge in [0, 0.05) is 25.2 Å². The number of nitro benzene ring substituents is 1. The smallest absolute Gasteiger partial charge is 0.310 e. The van der Waals surface area contributed by atoms with E-state index in [9.17, 15) is 14.9 Å². The van der Waals surface area contributed by atoms with Gasteiger partial charge in [-0.2, -0.15) is 0 Å². The monoisotopic (exact) mass is 329 g/mol. The highest BCUT2D eigenvalue weighted by atomic mass is 35.5. The number of halogens is 1. The molecular formula is C14H20ClN3O4. The number of ether oxygens (including phenoxy) is 1. The fraction of sp³-hybridized carbons (Fsp3) is 0.500. The van der Waals surface area contributed by atoms with Crippen molar-refractivity contribution in [1.29, 1.82) is 0 Å². The summed E-state index contributed by atoms with van der Waals surface area (Å²) in [6.45, 7) is 1.48. The van der Waals surface area contributed by atoms with Gasteiger partial charge in [0.25, 0.3) is 0 Å². The third kappa shape index (κ3) is 4.85. The molecule has 0 saturated carbocycles. The molecule has 8 heteroatoms. The summed E-state index contributed by atoms with van der Waals surface area (Å²) in [4.78, 5) is 24.1. The molecule has 122 valence electrons. The Morgan fingerprint density at radius 1 is 1.36 bits per heavy atom. The number of carbonyl (C=O) groups is 1. The predicted octanol–water partition coefficient (Wildman–Crippen LogP) is 1.74. The first-order valence-electron chi connectivity index (χ1n) is 6.97. The Morgan fingerprint density at radius 2 is 2.00 bits per heavy atom. The highest BCUT2D eigenvalue weighted by molar-refractivity contribution is 5.85. The predicted molar refractivity (Wildman–Crippen MR) is 84.2 cm³/mol. The van der Waals surface area contributed by atoms with E-state index >= 15 is 0 Å². The second kappa shape index (κ2) is 8.55. The quantitative estimate of drug-likeness (QED) is 0.655. The van der Waals surface area contributed by atoms with Gasteiger partial charge >= 0.3 is 5.69 Å². The molecule has 0 unspecified atom stereocenters. The van der Waals surface area contributed by atoms with Crippen LogP contribution in [0.2, 0.25) is 0 Å². The minimum Gasteiger partial charge on any atom is -0.486 e. The number of para-hydroxylation sites is 2. The average Bonchev–Trinajstić information content (AvgIpc) is 2.48. The number of piperidine rings is 1. The van der Waals surface area contributed by atoms with Crippen molar-refractivity contribution in [3.63, 3.8) is 0 Å². The van der Waals surface area contributed by atoms with Gasteiger partial charge in [-0.3, -0.25) is 14.9 Å². The Labute approximate surface area is 135 Å². The fourth-order valence-electron chi connectivity index (χ4n) is 2.29. The van der Waals surface area contributed by atoms with Crippen molar-refractivity contribution in [2.45, 2.75) is 25.3 Å². The SMILES string of the molecule is Cl.NC1CCN(C(=O)CCOc2ccccc2[N+](=O)[O-])CC1. The maximum absolute atomic E-state index is 12.0. The molecule has 0 radical (unpaired) electrons. The molecule has 2 rings (SSSR count). The lowest BCUT2D eigenvalue weighted by molar-refractivity contribution is -0.385. The van der Waals surface area contributed by atoms with Crippen LogP contribution in [0.15, 0.2) is 24.3 Å². The number of carbonyl (C=O) groups excluding carboxylic acids is 1. The van der Waals surface area contributed by atoms with Gasteiger partial charge in [0.05, 0.1) is 18.0 Å². The molecule has 0 bridgehead atoms. The van der Waals surface area contributed by atoms with Crippen LogP contribution in [-0.2, 0) is 4.79 Å². The van der Waals surface area contributed by atoms with Crippen LogP contribution >= 0.6 is 12.4 Å². The second-order valence-corrected chi connectivity index (χ2v) is 5.04. The van der Waals surface area contributed by atoms with Crippen LogP contribution in [0.3, 0.4) is 0 Å². The van der Waals surface area contributed by atoms with Crippen molar-refractivity contribution in [2.75, 3.05) is 19.7 Å². The minimum atomic E-state index is -0.497. The first-order valence-corrected chi connectivity index (χ1v) is 6.97. The van der Waals surface area contributed by atoms with E-state index in [1.165, 1.54) is 12.1 Å². The summed E-state index contributed by atoms with van der Waals surface area (Å²) in [5, 5.41) is 10.8. The number of hydrogen-bond acceptors (Lipinski definition) is 5. The number of nitrogens with zero attached hydrogens (tertiary/aromatic N) is 2. The van der Waals surface area contributed by atoms with E-state index < -0.39 is 4.92 Å². The maximum atomic E-state index is 12.0. The van der Waals surface area contributed by atoms with Crippen molar-refractivity contribution in [2.24, 2.45) is 5.73 Å². The fourth-order valence-corrected chi connectivity index (χ4v) is 2.29. The van der Waals surface area contributed by atoms with E-state index in [4.69, 9.17) is 10.5 Å². The van der Waals surface area contributed by atoms with Crippen LogP contribution in [0.1, 0.15) is 19.3 Å². The summed E-state index contributed by atoms with van der Waals surface area (Å²) < 4.78 is 5.37. The molecule has 7 nitrogen and oxygen atoms in total. The van der Waals surface area contributed by atoms with E-state index in [1.54, 1.807) is 17.0 Å². The Morgan fingerprint density at radius 3 is 2.64 bits per heavy atom. The standard InChI is InChI=1S/C14H19N3O4.ClH/c15-11-5-8-16(9-6-11)14(18)7-10-21-13-4-2-1-3-12(13)17(19)20;/h1-4,11H,5-10,15H2;1H. The van der Waals surface area contributed by atoms with Gasteiger partial charge in [0.1, 0.15) is 0 Å². The lowest BCUT2D eigenvalue weighted by Gasteiger charge is -2.30. The molecule has 1 aliphatic rings. The average molecular weight is 330 g/mol. The third-order valence-corrected chi connectivity index (χ3v) is 3.53. The summed E-state index contributed by atoms with van der Waals surface area (Å²) in [6, 6.07) is 6.33. The van der Waals surface area contributed by atoms with Crippen molar-refractivity contribution in [3.05, 3.63) is 34.4 Å². The highest BCUT2D eigenvalue weighted by Gasteiger charge is 2.20. The number of amides is 1. The van der Waals surface area contributed by atoms with Crippen molar-refractivity contribution in [3.8, 4) is 5.75 Å². The molecule has 0 aromatic heterocycles. The van der Waals surface area contributed by atoms with Gasteiger partial charge in [-0.05, 0) is 18.9 Å².